The van der Waals surface area contributed by atoms with Gasteiger partial charge in [0.25, 0.3) is 5.56 Å². The molecule has 0 bridgehead atoms. The first-order chi connectivity index (χ1) is 10.0. The largest absolute Gasteiger partial charge is 0.429 e. The second-order valence-electron chi connectivity index (χ2n) is 4.52. The SMILES string of the molecule is Cc1cccc(On2c(=S)oc3cc(Cl)ccc3c2=O)c1. The fraction of sp³-hybridized carbons (Fsp3) is 0.0667. The van der Waals surface area contributed by atoms with Crippen molar-refractivity contribution < 1.29 is 9.25 Å². The van der Waals surface area contributed by atoms with Crippen molar-refractivity contribution in [3.8, 4) is 5.75 Å². The minimum Gasteiger partial charge on any atom is -0.429 e. The highest BCUT2D eigenvalue weighted by molar-refractivity contribution is 7.71. The Labute approximate surface area is 130 Å². The number of rotatable bonds is 2. The molecule has 0 unspecified atom stereocenters. The van der Waals surface area contributed by atoms with Gasteiger partial charge in [0, 0.05) is 11.1 Å². The zero-order valence-electron chi connectivity index (χ0n) is 11.0. The van der Waals surface area contributed by atoms with Gasteiger partial charge in [-0.25, -0.2) is 0 Å². The number of nitrogens with zero attached hydrogens (tertiary/aromatic N) is 1. The van der Waals surface area contributed by atoms with Crippen molar-refractivity contribution in [3.63, 3.8) is 0 Å². The highest BCUT2D eigenvalue weighted by Crippen LogP contribution is 2.18. The highest BCUT2D eigenvalue weighted by Gasteiger charge is 2.10. The lowest BCUT2D eigenvalue weighted by Crippen LogP contribution is -2.24. The highest BCUT2D eigenvalue weighted by atomic mass is 35.5. The zero-order valence-corrected chi connectivity index (χ0v) is 12.6. The Kier molecular flexibility index (Phi) is 3.53. The van der Waals surface area contributed by atoms with E-state index in [1.807, 2.05) is 19.1 Å². The lowest BCUT2D eigenvalue weighted by molar-refractivity contribution is 0.177. The van der Waals surface area contributed by atoms with Gasteiger partial charge in [0.1, 0.15) is 5.58 Å². The fourth-order valence-electron chi connectivity index (χ4n) is 1.94. The van der Waals surface area contributed by atoms with Crippen molar-refractivity contribution in [2.24, 2.45) is 0 Å². The molecule has 6 heteroatoms. The van der Waals surface area contributed by atoms with E-state index in [0.29, 0.717) is 21.7 Å². The summed E-state index contributed by atoms with van der Waals surface area (Å²) in [7, 11) is 0. The summed E-state index contributed by atoms with van der Waals surface area (Å²) in [4.78, 5) is 17.9. The maximum Gasteiger partial charge on any atom is 0.306 e. The van der Waals surface area contributed by atoms with Crippen LogP contribution in [-0.2, 0) is 0 Å². The van der Waals surface area contributed by atoms with Crippen LogP contribution in [0.25, 0.3) is 11.0 Å². The summed E-state index contributed by atoms with van der Waals surface area (Å²) < 4.78 is 6.38. The van der Waals surface area contributed by atoms with E-state index in [9.17, 15) is 4.79 Å². The third kappa shape index (κ3) is 2.70. The van der Waals surface area contributed by atoms with Crippen LogP contribution >= 0.6 is 23.8 Å². The van der Waals surface area contributed by atoms with Crippen LogP contribution in [0.3, 0.4) is 0 Å². The van der Waals surface area contributed by atoms with Crippen molar-refractivity contribution in [1.29, 1.82) is 0 Å². The molecule has 0 fully saturated rings. The maximum absolute atomic E-state index is 12.4. The van der Waals surface area contributed by atoms with E-state index in [0.717, 1.165) is 10.3 Å². The van der Waals surface area contributed by atoms with Gasteiger partial charge in [-0.1, -0.05) is 28.5 Å². The molecule has 106 valence electrons. The lowest BCUT2D eigenvalue weighted by Gasteiger charge is -2.08. The Bertz CT molecular complexity index is 946. The van der Waals surface area contributed by atoms with Crippen molar-refractivity contribution in [2.45, 2.75) is 6.92 Å². The van der Waals surface area contributed by atoms with Crippen LogP contribution in [0.1, 0.15) is 5.56 Å². The number of aryl methyl sites for hydroxylation is 1. The van der Waals surface area contributed by atoms with E-state index >= 15 is 0 Å². The van der Waals surface area contributed by atoms with Crippen molar-refractivity contribution in [1.82, 2.24) is 4.73 Å². The molecular formula is C15H10ClNO3S. The van der Waals surface area contributed by atoms with Crippen molar-refractivity contribution >= 4 is 34.8 Å². The van der Waals surface area contributed by atoms with Gasteiger partial charge in [-0.2, -0.15) is 0 Å². The molecule has 0 amide bonds. The van der Waals surface area contributed by atoms with Gasteiger partial charge in [0.15, 0.2) is 5.75 Å². The Morgan fingerprint density at radius 3 is 2.81 bits per heavy atom. The second kappa shape index (κ2) is 5.35. The predicted octanol–water partition coefficient (Wildman–Crippen LogP) is 4.13. The van der Waals surface area contributed by atoms with Crippen LogP contribution in [0.2, 0.25) is 5.02 Å². The van der Waals surface area contributed by atoms with E-state index in [1.54, 1.807) is 30.3 Å². The minimum absolute atomic E-state index is 0.0729. The molecule has 0 aliphatic carbocycles. The second-order valence-corrected chi connectivity index (χ2v) is 5.30. The first kappa shape index (κ1) is 13.9. The summed E-state index contributed by atoms with van der Waals surface area (Å²) in [6.45, 7) is 1.93. The van der Waals surface area contributed by atoms with Crippen LogP contribution in [0.15, 0.2) is 51.7 Å². The number of fused-ring (bicyclic) bond motifs is 1. The molecule has 1 heterocycles. The smallest absolute Gasteiger partial charge is 0.306 e. The van der Waals surface area contributed by atoms with Crippen LogP contribution < -0.4 is 10.4 Å². The predicted molar refractivity (Wildman–Crippen MR) is 83.5 cm³/mol. The number of benzene rings is 2. The van der Waals surface area contributed by atoms with E-state index in [2.05, 4.69) is 0 Å². The van der Waals surface area contributed by atoms with Crippen LogP contribution in [-0.4, -0.2) is 4.73 Å². The molecule has 3 rings (SSSR count). The molecule has 4 nitrogen and oxygen atoms in total. The van der Waals surface area contributed by atoms with E-state index in [4.69, 9.17) is 33.1 Å². The molecule has 0 aliphatic rings. The summed E-state index contributed by atoms with van der Waals surface area (Å²) in [5.74, 6) is 0.506. The summed E-state index contributed by atoms with van der Waals surface area (Å²) in [6, 6.07) is 12.0. The van der Waals surface area contributed by atoms with E-state index in [1.165, 1.54) is 0 Å². The molecule has 2 aromatic carbocycles. The third-order valence-corrected chi connectivity index (χ3v) is 3.39. The molecule has 0 aliphatic heterocycles. The van der Waals surface area contributed by atoms with Crippen LogP contribution in [0.5, 0.6) is 5.75 Å². The maximum atomic E-state index is 12.4. The van der Waals surface area contributed by atoms with Gasteiger partial charge in [0.05, 0.1) is 5.39 Å². The standard InChI is InChI=1S/C15H10ClNO3S/c1-9-3-2-4-11(7-9)20-17-14(18)12-6-5-10(16)8-13(12)19-15(17)21/h2-8H,1H3. The monoisotopic (exact) mass is 319 g/mol. The molecule has 0 saturated carbocycles. The van der Waals surface area contributed by atoms with E-state index < -0.39 is 0 Å². The van der Waals surface area contributed by atoms with Crippen molar-refractivity contribution in [3.05, 3.63) is 68.2 Å². The van der Waals surface area contributed by atoms with Gasteiger partial charge in [-0.05, 0) is 49.0 Å². The summed E-state index contributed by atoms with van der Waals surface area (Å²) in [5, 5.41) is 0.818. The Hall–Kier alpha value is -2.11. The Morgan fingerprint density at radius 2 is 2.05 bits per heavy atom. The molecular weight excluding hydrogens is 310 g/mol. The summed E-state index contributed by atoms with van der Waals surface area (Å²) >= 11 is 10.9. The van der Waals surface area contributed by atoms with Gasteiger partial charge >= 0.3 is 4.84 Å². The van der Waals surface area contributed by atoms with Crippen molar-refractivity contribution in [2.75, 3.05) is 0 Å². The zero-order chi connectivity index (χ0) is 15.0. The topological polar surface area (TPSA) is 44.4 Å². The lowest BCUT2D eigenvalue weighted by atomic mass is 10.2. The van der Waals surface area contributed by atoms with Crippen LogP contribution in [0, 0.1) is 11.8 Å². The molecule has 21 heavy (non-hydrogen) atoms. The fourth-order valence-corrected chi connectivity index (χ4v) is 2.31. The third-order valence-electron chi connectivity index (χ3n) is 2.91. The normalized spacial score (nSPS) is 10.8. The van der Waals surface area contributed by atoms with Gasteiger partial charge in [-0.3, -0.25) is 4.79 Å². The molecule has 0 N–H and O–H groups in total. The average molecular weight is 320 g/mol. The first-order valence-corrected chi connectivity index (χ1v) is 6.94. The Balaban J connectivity index is 2.17. The Morgan fingerprint density at radius 1 is 1.24 bits per heavy atom. The number of halogens is 1. The average Bonchev–Trinajstić information content (AvgIpc) is 2.43. The quantitative estimate of drug-likeness (QED) is 0.666. The molecule has 3 aromatic rings. The molecule has 0 radical (unpaired) electrons. The minimum atomic E-state index is -0.389. The molecule has 0 atom stereocenters. The number of hydrogen-bond donors (Lipinski definition) is 0. The summed E-state index contributed by atoms with van der Waals surface area (Å²) in [6.07, 6.45) is 0. The summed E-state index contributed by atoms with van der Waals surface area (Å²) in [5.41, 5.74) is 0.956. The van der Waals surface area contributed by atoms with Gasteiger partial charge in [-0.15, -0.1) is 0 Å². The first-order valence-electron chi connectivity index (χ1n) is 6.15. The van der Waals surface area contributed by atoms with Gasteiger partial charge in [0.2, 0.25) is 0 Å². The van der Waals surface area contributed by atoms with Crippen LogP contribution in [0.4, 0.5) is 0 Å². The molecule has 0 saturated heterocycles. The molecule has 0 spiro atoms. The number of aromatic nitrogens is 1. The number of hydrogen-bond acceptors (Lipinski definition) is 4. The van der Waals surface area contributed by atoms with E-state index in [-0.39, 0.29) is 10.4 Å². The van der Waals surface area contributed by atoms with Gasteiger partial charge < -0.3 is 9.25 Å². The molecule has 1 aromatic heterocycles.